The Bertz CT molecular complexity index is 312. The fraction of sp³-hybridized carbons (Fsp3) is 0.846. The van der Waals surface area contributed by atoms with E-state index in [0.29, 0.717) is 12.0 Å². The minimum absolute atomic E-state index is 0.0503. The highest BCUT2D eigenvalue weighted by molar-refractivity contribution is 5.78. The van der Waals surface area contributed by atoms with Gasteiger partial charge in [0.15, 0.2) is 0 Å². The molecular formula is C13H21NO4. The van der Waals surface area contributed by atoms with Crippen LogP contribution in [0.5, 0.6) is 0 Å². The molecule has 1 saturated heterocycles. The van der Waals surface area contributed by atoms with E-state index in [1.165, 1.54) is 25.7 Å². The number of carboxylic acid groups (broad SMARTS) is 1. The number of likely N-dealkylation sites (tertiary alicyclic amines) is 1. The molecule has 1 saturated carbocycles. The van der Waals surface area contributed by atoms with Crippen molar-refractivity contribution in [1.29, 1.82) is 0 Å². The third-order valence-corrected chi connectivity index (χ3v) is 4.01. The molecule has 2 rings (SSSR count). The summed E-state index contributed by atoms with van der Waals surface area (Å²) in [4.78, 5) is 24.2. The van der Waals surface area contributed by atoms with Crippen molar-refractivity contribution in [3.63, 3.8) is 0 Å². The van der Waals surface area contributed by atoms with Gasteiger partial charge in [-0.05, 0) is 31.6 Å². The second-order valence-corrected chi connectivity index (χ2v) is 5.23. The molecule has 0 bridgehead atoms. The lowest BCUT2D eigenvalue weighted by Crippen LogP contribution is -2.41. The number of carbonyl (C=O) groups is 2. The minimum Gasteiger partial charge on any atom is -0.480 e. The van der Waals surface area contributed by atoms with Crippen LogP contribution in [-0.2, 0) is 14.3 Å². The summed E-state index contributed by atoms with van der Waals surface area (Å²) < 4.78 is 4.89. The average Bonchev–Trinajstić information content (AvgIpc) is 2.99. The molecule has 1 atom stereocenters. The van der Waals surface area contributed by atoms with E-state index in [1.54, 1.807) is 0 Å². The van der Waals surface area contributed by atoms with Gasteiger partial charge in [0, 0.05) is 12.6 Å². The Kier molecular flexibility index (Phi) is 4.58. The molecule has 0 spiro atoms. The van der Waals surface area contributed by atoms with Crippen molar-refractivity contribution in [2.75, 3.05) is 19.8 Å². The molecule has 5 nitrogen and oxygen atoms in total. The summed E-state index contributed by atoms with van der Waals surface area (Å²) in [7, 11) is 0. The van der Waals surface area contributed by atoms with Crippen LogP contribution in [0.15, 0.2) is 0 Å². The zero-order chi connectivity index (χ0) is 13.0. The number of amides is 1. The van der Waals surface area contributed by atoms with Gasteiger partial charge in [0.25, 0.3) is 0 Å². The highest BCUT2D eigenvalue weighted by Gasteiger charge is 2.35. The number of nitrogens with zero attached hydrogens (tertiary/aromatic N) is 1. The number of aliphatic carboxylic acids is 1. The van der Waals surface area contributed by atoms with Crippen LogP contribution >= 0.6 is 0 Å². The molecule has 1 aliphatic heterocycles. The fourth-order valence-electron chi connectivity index (χ4n) is 3.24. The normalized spacial score (nSPS) is 24.7. The van der Waals surface area contributed by atoms with Gasteiger partial charge in [-0.3, -0.25) is 4.79 Å². The molecule has 1 N–H and O–H groups in total. The van der Waals surface area contributed by atoms with Crippen molar-refractivity contribution in [3.8, 4) is 0 Å². The van der Waals surface area contributed by atoms with E-state index in [4.69, 9.17) is 9.84 Å². The predicted octanol–water partition coefficient (Wildman–Crippen LogP) is 1.27. The second-order valence-electron chi connectivity index (χ2n) is 5.23. The molecule has 1 amide bonds. The third kappa shape index (κ3) is 3.22. The van der Waals surface area contributed by atoms with Crippen LogP contribution in [0.3, 0.4) is 0 Å². The summed E-state index contributed by atoms with van der Waals surface area (Å²) in [5, 5.41) is 8.47. The Morgan fingerprint density at radius 3 is 2.50 bits per heavy atom. The number of rotatable bonds is 5. The summed E-state index contributed by atoms with van der Waals surface area (Å²) in [6.45, 7) is 0.305. The van der Waals surface area contributed by atoms with Crippen molar-refractivity contribution in [2.24, 2.45) is 5.92 Å². The van der Waals surface area contributed by atoms with Crippen molar-refractivity contribution >= 4 is 11.9 Å². The molecule has 1 aliphatic carbocycles. The SMILES string of the molecule is O=C(O)COCC(=O)N1CCCC1C1CCCC1. The Hall–Kier alpha value is -1.10. The van der Waals surface area contributed by atoms with Crippen LogP contribution in [-0.4, -0.2) is 47.7 Å². The molecule has 2 aliphatic rings. The van der Waals surface area contributed by atoms with Gasteiger partial charge in [-0.15, -0.1) is 0 Å². The lowest BCUT2D eigenvalue weighted by atomic mass is 9.96. The number of hydrogen-bond acceptors (Lipinski definition) is 3. The van der Waals surface area contributed by atoms with Gasteiger partial charge in [0.05, 0.1) is 0 Å². The molecule has 1 heterocycles. The van der Waals surface area contributed by atoms with Crippen LogP contribution in [0, 0.1) is 5.92 Å². The third-order valence-electron chi connectivity index (χ3n) is 4.01. The van der Waals surface area contributed by atoms with Crippen LogP contribution in [0.25, 0.3) is 0 Å². The molecule has 102 valence electrons. The number of hydrogen-bond donors (Lipinski definition) is 1. The molecule has 1 unspecified atom stereocenters. The molecule has 2 fully saturated rings. The Morgan fingerprint density at radius 2 is 1.83 bits per heavy atom. The Balaban J connectivity index is 1.82. The number of carbonyl (C=O) groups excluding carboxylic acids is 1. The summed E-state index contributed by atoms with van der Waals surface area (Å²) in [6, 6.07) is 0.369. The van der Waals surface area contributed by atoms with E-state index >= 15 is 0 Å². The maximum Gasteiger partial charge on any atom is 0.329 e. The summed E-state index contributed by atoms with van der Waals surface area (Å²) in [6.07, 6.45) is 7.16. The highest BCUT2D eigenvalue weighted by atomic mass is 16.5. The van der Waals surface area contributed by atoms with Crippen molar-refractivity contribution in [1.82, 2.24) is 4.90 Å². The molecule has 0 aromatic heterocycles. The van der Waals surface area contributed by atoms with Crippen LogP contribution in [0.4, 0.5) is 0 Å². The monoisotopic (exact) mass is 255 g/mol. The molecule has 0 aromatic rings. The molecular weight excluding hydrogens is 234 g/mol. The first-order chi connectivity index (χ1) is 8.68. The summed E-state index contributed by atoms with van der Waals surface area (Å²) in [5.74, 6) is -0.432. The van der Waals surface area contributed by atoms with E-state index in [-0.39, 0.29) is 12.5 Å². The summed E-state index contributed by atoms with van der Waals surface area (Å²) >= 11 is 0. The van der Waals surface area contributed by atoms with Crippen molar-refractivity contribution in [2.45, 2.75) is 44.6 Å². The molecule has 0 aromatic carbocycles. The standard InChI is InChI=1S/C13H21NO4/c15-12(8-18-9-13(16)17)14-7-3-6-11(14)10-4-1-2-5-10/h10-11H,1-9H2,(H,16,17). The first-order valence-electron chi connectivity index (χ1n) is 6.77. The topological polar surface area (TPSA) is 66.8 Å². The largest absolute Gasteiger partial charge is 0.480 e. The zero-order valence-electron chi connectivity index (χ0n) is 10.6. The quantitative estimate of drug-likeness (QED) is 0.803. The summed E-state index contributed by atoms with van der Waals surface area (Å²) in [5.41, 5.74) is 0. The van der Waals surface area contributed by atoms with Gasteiger partial charge in [-0.1, -0.05) is 12.8 Å². The fourth-order valence-corrected chi connectivity index (χ4v) is 3.24. The van der Waals surface area contributed by atoms with Gasteiger partial charge in [-0.2, -0.15) is 0 Å². The lowest BCUT2D eigenvalue weighted by Gasteiger charge is -2.29. The van der Waals surface area contributed by atoms with Gasteiger partial charge in [0.1, 0.15) is 13.2 Å². The van der Waals surface area contributed by atoms with E-state index in [0.717, 1.165) is 19.4 Å². The molecule has 0 radical (unpaired) electrons. The lowest BCUT2D eigenvalue weighted by molar-refractivity contribution is -0.146. The Labute approximate surface area is 107 Å². The number of carboxylic acids is 1. The van der Waals surface area contributed by atoms with Gasteiger partial charge in [-0.25, -0.2) is 4.79 Å². The predicted molar refractivity (Wildman–Crippen MR) is 65.1 cm³/mol. The smallest absolute Gasteiger partial charge is 0.329 e. The maximum absolute atomic E-state index is 12.0. The van der Waals surface area contributed by atoms with E-state index in [9.17, 15) is 9.59 Å². The van der Waals surface area contributed by atoms with E-state index in [2.05, 4.69) is 0 Å². The van der Waals surface area contributed by atoms with Crippen LogP contribution in [0.1, 0.15) is 38.5 Å². The van der Waals surface area contributed by atoms with Crippen LogP contribution < -0.4 is 0 Å². The molecule has 5 heteroatoms. The van der Waals surface area contributed by atoms with Crippen LogP contribution in [0.2, 0.25) is 0 Å². The zero-order valence-corrected chi connectivity index (χ0v) is 10.6. The Morgan fingerprint density at radius 1 is 1.11 bits per heavy atom. The van der Waals surface area contributed by atoms with Crippen molar-refractivity contribution in [3.05, 3.63) is 0 Å². The van der Waals surface area contributed by atoms with Gasteiger partial charge < -0.3 is 14.7 Å². The highest BCUT2D eigenvalue weighted by Crippen LogP contribution is 2.35. The first-order valence-corrected chi connectivity index (χ1v) is 6.77. The second kappa shape index (κ2) is 6.18. The van der Waals surface area contributed by atoms with E-state index < -0.39 is 12.6 Å². The van der Waals surface area contributed by atoms with Gasteiger partial charge in [0.2, 0.25) is 5.91 Å². The molecule has 18 heavy (non-hydrogen) atoms. The average molecular weight is 255 g/mol. The van der Waals surface area contributed by atoms with Gasteiger partial charge >= 0.3 is 5.97 Å². The minimum atomic E-state index is -1.03. The first kappa shape index (κ1) is 13.3. The maximum atomic E-state index is 12.0. The van der Waals surface area contributed by atoms with Crippen molar-refractivity contribution < 1.29 is 19.4 Å². The number of ether oxygens (including phenoxy) is 1. The van der Waals surface area contributed by atoms with E-state index in [1.807, 2.05) is 4.90 Å².